The number of rotatable bonds is 4. The second-order valence-electron chi connectivity index (χ2n) is 6.25. The summed E-state index contributed by atoms with van der Waals surface area (Å²) in [4.78, 5) is 6.54. The first-order valence-electron chi connectivity index (χ1n) is 7.97. The SMILES string of the molecule is Cc1ccc(C[NH+]2CC[NH+](Cc3cc[nH+]cc3)CC2)cc1. The van der Waals surface area contributed by atoms with Crippen molar-refractivity contribution < 1.29 is 14.8 Å². The summed E-state index contributed by atoms with van der Waals surface area (Å²) >= 11 is 0. The minimum atomic E-state index is 1.16. The molecule has 3 rings (SSSR count). The highest BCUT2D eigenvalue weighted by atomic mass is 15.3. The Morgan fingerprint density at radius 1 is 0.762 bits per heavy atom. The van der Waals surface area contributed by atoms with E-state index in [1.807, 2.05) is 12.4 Å². The first-order chi connectivity index (χ1) is 10.3. The predicted molar refractivity (Wildman–Crippen MR) is 83.0 cm³/mol. The molecule has 3 N–H and O–H groups in total. The van der Waals surface area contributed by atoms with Crippen LogP contribution in [-0.4, -0.2) is 26.2 Å². The maximum absolute atomic E-state index is 3.09. The normalized spacial score (nSPS) is 22.1. The van der Waals surface area contributed by atoms with E-state index in [1.165, 1.54) is 49.4 Å². The average Bonchev–Trinajstić information content (AvgIpc) is 2.53. The van der Waals surface area contributed by atoms with Gasteiger partial charge in [0.05, 0.1) is 0 Å². The Morgan fingerprint density at radius 3 is 1.76 bits per heavy atom. The number of pyridine rings is 1. The summed E-state index contributed by atoms with van der Waals surface area (Å²) in [6.45, 7) is 9.60. The number of hydrogen-bond acceptors (Lipinski definition) is 0. The molecule has 3 nitrogen and oxygen atoms in total. The van der Waals surface area contributed by atoms with Crippen molar-refractivity contribution in [2.75, 3.05) is 26.2 Å². The molecule has 2 aromatic rings. The summed E-state index contributed by atoms with van der Waals surface area (Å²) in [6, 6.07) is 13.4. The number of benzene rings is 1. The Kier molecular flexibility index (Phi) is 4.63. The van der Waals surface area contributed by atoms with Gasteiger partial charge in [0.2, 0.25) is 0 Å². The summed E-state index contributed by atoms with van der Waals surface area (Å²) in [5.41, 5.74) is 4.26. The Hall–Kier alpha value is -1.71. The number of aromatic amines is 1. The van der Waals surface area contributed by atoms with Gasteiger partial charge in [0.15, 0.2) is 12.4 Å². The molecule has 0 saturated carbocycles. The fraction of sp³-hybridized carbons (Fsp3) is 0.389. The zero-order valence-electron chi connectivity index (χ0n) is 12.9. The Bertz CT molecular complexity index is 542. The first kappa shape index (κ1) is 14.2. The van der Waals surface area contributed by atoms with Crippen LogP contribution in [0.15, 0.2) is 48.8 Å². The lowest BCUT2D eigenvalue weighted by Gasteiger charge is -2.29. The van der Waals surface area contributed by atoms with Gasteiger partial charge >= 0.3 is 0 Å². The molecule has 0 spiro atoms. The molecule has 1 saturated heterocycles. The summed E-state index contributed by atoms with van der Waals surface area (Å²) in [5, 5.41) is 0. The molecule has 1 aromatic heterocycles. The summed E-state index contributed by atoms with van der Waals surface area (Å²) in [7, 11) is 0. The van der Waals surface area contributed by atoms with Crippen molar-refractivity contribution in [3.63, 3.8) is 0 Å². The van der Waals surface area contributed by atoms with Crippen molar-refractivity contribution in [2.45, 2.75) is 20.0 Å². The van der Waals surface area contributed by atoms with Gasteiger partial charge in [-0.05, 0) is 6.92 Å². The number of piperazine rings is 1. The maximum atomic E-state index is 3.09. The Morgan fingerprint density at radius 2 is 1.24 bits per heavy atom. The van der Waals surface area contributed by atoms with Crippen molar-refractivity contribution in [1.29, 1.82) is 0 Å². The number of hydrogen-bond donors (Lipinski definition) is 2. The minimum absolute atomic E-state index is 1.16. The van der Waals surface area contributed by atoms with E-state index in [4.69, 9.17) is 0 Å². The molecule has 0 amide bonds. The van der Waals surface area contributed by atoms with E-state index in [-0.39, 0.29) is 0 Å². The lowest BCUT2D eigenvalue weighted by atomic mass is 10.1. The first-order valence-corrected chi connectivity index (χ1v) is 7.97. The Balaban J connectivity index is 1.47. The van der Waals surface area contributed by atoms with Crippen molar-refractivity contribution in [3.8, 4) is 0 Å². The van der Waals surface area contributed by atoms with Gasteiger partial charge in [-0.25, -0.2) is 4.98 Å². The zero-order chi connectivity index (χ0) is 14.5. The van der Waals surface area contributed by atoms with Crippen LogP contribution >= 0.6 is 0 Å². The molecule has 0 radical (unpaired) electrons. The van der Waals surface area contributed by atoms with E-state index >= 15 is 0 Å². The molecule has 0 atom stereocenters. The van der Waals surface area contributed by atoms with Crippen LogP contribution in [0.4, 0.5) is 0 Å². The minimum Gasteiger partial charge on any atom is -0.322 e. The third kappa shape index (κ3) is 4.13. The molecule has 21 heavy (non-hydrogen) atoms. The van der Waals surface area contributed by atoms with Crippen LogP contribution in [0.5, 0.6) is 0 Å². The Labute approximate surface area is 127 Å². The number of nitrogens with one attached hydrogen (secondary N) is 3. The second-order valence-corrected chi connectivity index (χ2v) is 6.25. The van der Waals surface area contributed by atoms with Gasteiger partial charge in [-0.1, -0.05) is 29.8 Å². The highest BCUT2D eigenvalue weighted by Gasteiger charge is 2.23. The van der Waals surface area contributed by atoms with Crippen LogP contribution in [0.1, 0.15) is 16.7 Å². The van der Waals surface area contributed by atoms with E-state index in [9.17, 15) is 0 Å². The number of quaternary nitrogens is 2. The number of aromatic nitrogens is 1. The van der Waals surface area contributed by atoms with Gasteiger partial charge in [0.1, 0.15) is 39.3 Å². The van der Waals surface area contributed by atoms with Gasteiger partial charge < -0.3 is 9.80 Å². The molecule has 3 heteroatoms. The third-order valence-electron chi connectivity index (χ3n) is 4.48. The van der Waals surface area contributed by atoms with Crippen molar-refractivity contribution >= 4 is 0 Å². The van der Waals surface area contributed by atoms with Crippen LogP contribution in [0, 0.1) is 6.92 Å². The van der Waals surface area contributed by atoms with E-state index in [1.54, 1.807) is 9.80 Å². The smallest absolute Gasteiger partial charge is 0.167 e. The summed E-state index contributed by atoms with van der Waals surface area (Å²) in [5.74, 6) is 0. The molecule has 1 aromatic carbocycles. The fourth-order valence-electron chi connectivity index (χ4n) is 3.13. The van der Waals surface area contributed by atoms with Crippen LogP contribution in [0.3, 0.4) is 0 Å². The van der Waals surface area contributed by atoms with Gasteiger partial charge in [0.25, 0.3) is 0 Å². The average molecular weight is 284 g/mol. The van der Waals surface area contributed by atoms with Crippen LogP contribution < -0.4 is 14.8 Å². The standard InChI is InChI=1S/C18H23N3/c1-16-2-4-17(5-3-16)14-20-10-12-21(13-11-20)15-18-6-8-19-9-7-18/h2-9H,10-15H2,1H3/p+3. The van der Waals surface area contributed by atoms with Crippen molar-refractivity contribution in [2.24, 2.45) is 0 Å². The molecular weight excluding hydrogens is 258 g/mol. The van der Waals surface area contributed by atoms with Crippen LogP contribution in [0.2, 0.25) is 0 Å². The third-order valence-corrected chi connectivity index (χ3v) is 4.48. The monoisotopic (exact) mass is 284 g/mol. The summed E-state index contributed by atoms with van der Waals surface area (Å²) < 4.78 is 0. The van der Waals surface area contributed by atoms with Crippen molar-refractivity contribution in [1.82, 2.24) is 0 Å². The topological polar surface area (TPSA) is 23.0 Å². The molecule has 0 bridgehead atoms. The van der Waals surface area contributed by atoms with E-state index in [0.717, 1.165) is 6.54 Å². The molecule has 1 fully saturated rings. The molecule has 1 aliphatic heterocycles. The molecular formula is C18H26N3+3. The van der Waals surface area contributed by atoms with E-state index in [2.05, 4.69) is 48.3 Å². The highest BCUT2D eigenvalue weighted by molar-refractivity contribution is 5.20. The largest absolute Gasteiger partial charge is 0.322 e. The molecule has 2 heterocycles. The van der Waals surface area contributed by atoms with Gasteiger partial charge in [-0.2, -0.15) is 0 Å². The van der Waals surface area contributed by atoms with Crippen molar-refractivity contribution in [3.05, 3.63) is 65.5 Å². The number of aryl methyl sites for hydroxylation is 1. The number of H-pyrrole nitrogens is 1. The lowest BCUT2D eigenvalue weighted by molar-refractivity contribution is -1.02. The summed E-state index contributed by atoms with van der Waals surface area (Å²) in [6.07, 6.45) is 4.04. The molecule has 110 valence electrons. The molecule has 0 unspecified atom stereocenters. The predicted octanol–water partition coefficient (Wildman–Crippen LogP) is -0.707. The fourth-order valence-corrected chi connectivity index (χ4v) is 3.13. The molecule has 0 aliphatic carbocycles. The zero-order valence-corrected chi connectivity index (χ0v) is 12.9. The van der Waals surface area contributed by atoms with Crippen LogP contribution in [0.25, 0.3) is 0 Å². The maximum Gasteiger partial charge on any atom is 0.167 e. The van der Waals surface area contributed by atoms with Gasteiger partial charge in [0, 0.05) is 23.3 Å². The van der Waals surface area contributed by atoms with E-state index < -0.39 is 0 Å². The van der Waals surface area contributed by atoms with Gasteiger partial charge in [-0.15, -0.1) is 0 Å². The van der Waals surface area contributed by atoms with E-state index in [0.29, 0.717) is 0 Å². The lowest BCUT2D eigenvalue weighted by Crippen LogP contribution is -3.27. The molecule has 1 aliphatic rings. The van der Waals surface area contributed by atoms with Crippen LogP contribution in [-0.2, 0) is 13.1 Å². The van der Waals surface area contributed by atoms with Gasteiger partial charge in [-0.3, -0.25) is 0 Å². The highest BCUT2D eigenvalue weighted by Crippen LogP contribution is 2.01. The second kappa shape index (κ2) is 6.83. The quantitative estimate of drug-likeness (QED) is 0.741.